The lowest BCUT2D eigenvalue weighted by Gasteiger charge is -2.06. The van der Waals surface area contributed by atoms with Crippen molar-refractivity contribution in [1.29, 1.82) is 0 Å². The number of rotatable bonds is 6. The standard InChI is InChI=1S/C14H17N3O2/c1-15-17-9-11-4-6-12(7-5-11)14(18)16-10-13-3-2-8-19-13/h2-8,15,17H,9-10H2,1H3,(H,16,18). The van der Waals surface area contributed by atoms with E-state index in [1.165, 1.54) is 0 Å². The van der Waals surface area contributed by atoms with Crippen LogP contribution < -0.4 is 16.2 Å². The van der Waals surface area contributed by atoms with Crippen molar-refractivity contribution in [2.75, 3.05) is 7.05 Å². The number of hydrazine groups is 1. The quantitative estimate of drug-likeness (QED) is 0.687. The molecule has 100 valence electrons. The Balaban J connectivity index is 1.88. The minimum absolute atomic E-state index is 0.107. The highest BCUT2D eigenvalue weighted by molar-refractivity contribution is 5.94. The number of hydrogen-bond donors (Lipinski definition) is 3. The predicted molar refractivity (Wildman–Crippen MR) is 72.2 cm³/mol. The third-order valence-electron chi connectivity index (χ3n) is 2.69. The van der Waals surface area contributed by atoms with Gasteiger partial charge in [-0.3, -0.25) is 15.6 Å². The van der Waals surface area contributed by atoms with Crippen LogP contribution in [0, 0.1) is 0 Å². The van der Waals surface area contributed by atoms with Gasteiger partial charge in [0.25, 0.3) is 5.91 Å². The van der Waals surface area contributed by atoms with Crippen LogP contribution in [0.5, 0.6) is 0 Å². The van der Waals surface area contributed by atoms with Gasteiger partial charge in [0.2, 0.25) is 0 Å². The van der Waals surface area contributed by atoms with Crippen LogP contribution in [0.2, 0.25) is 0 Å². The second-order valence-electron chi connectivity index (χ2n) is 4.06. The van der Waals surface area contributed by atoms with Crippen molar-refractivity contribution in [1.82, 2.24) is 16.2 Å². The van der Waals surface area contributed by atoms with Gasteiger partial charge in [0.15, 0.2) is 0 Å². The molecule has 2 aromatic rings. The van der Waals surface area contributed by atoms with Crippen LogP contribution in [0.3, 0.4) is 0 Å². The molecule has 3 N–H and O–H groups in total. The van der Waals surface area contributed by atoms with E-state index in [4.69, 9.17) is 4.42 Å². The molecule has 1 amide bonds. The van der Waals surface area contributed by atoms with Gasteiger partial charge in [-0.05, 0) is 36.9 Å². The number of carbonyl (C=O) groups excluding carboxylic acids is 1. The molecule has 0 aliphatic heterocycles. The van der Waals surface area contributed by atoms with Gasteiger partial charge in [-0.2, -0.15) is 0 Å². The summed E-state index contributed by atoms with van der Waals surface area (Å²) in [6, 6.07) is 11.1. The number of carbonyl (C=O) groups is 1. The Hall–Kier alpha value is -2.11. The van der Waals surface area contributed by atoms with Gasteiger partial charge in [0.1, 0.15) is 5.76 Å². The zero-order chi connectivity index (χ0) is 13.5. The molecule has 0 atom stereocenters. The van der Waals surface area contributed by atoms with Gasteiger partial charge in [0.05, 0.1) is 12.8 Å². The SMILES string of the molecule is CNNCc1ccc(C(=O)NCc2ccco2)cc1. The van der Waals surface area contributed by atoms with E-state index in [2.05, 4.69) is 16.2 Å². The Morgan fingerprint density at radius 3 is 2.58 bits per heavy atom. The maximum absolute atomic E-state index is 11.9. The highest BCUT2D eigenvalue weighted by Crippen LogP contribution is 2.05. The van der Waals surface area contributed by atoms with Gasteiger partial charge in [-0.25, -0.2) is 0 Å². The zero-order valence-electron chi connectivity index (χ0n) is 10.8. The topological polar surface area (TPSA) is 66.3 Å². The minimum Gasteiger partial charge on any atom is -0.467 e. The fraction of sp³-hybridized carbons (Fsp3) is 0.214. The van der Waals surface area contributed by atoms with E-state index < -0.39 is 0 Å². The Bertz CT molecular complexity index is 506. The van der Waals surface area contributed by atoms with E-state index in [0.29, 0.717) is 18.7 Å². The Labute approximate surface area is 112 Å². The molecule has 0 saturated heterocycles. The molecule has 19 heavy (non-hydrogen) atoms. The third-order valence-corrected chi connectivity index (χ3v) is 2.69. The van der Waals surface area contributed by atoms with E-state index in [1.807, 2.05) is 37.4 Å². The molecule has 1 aromatic carbocycles. The van der Waals surface area contributed by atoms with Crippen LogP contribution in [0.4, 0.5) is 0 Å². The summed E-state index contributed by atoms with van der Waals surface area (Å²) in [6.07, 6.45) is 1.59. The van der Waals surface area contributed by atoms with Crippen molar-refractivity contribution in [2.45, 2.75) is 13.1 Å². The van der Waals surface area contributed by atoms with Gasteiger partial charge in [-0.1, -0.05) is 12.1 Å². The number of benzene rings is 1. The van der Waals surface area contributed by atoms with Crippen LogP contribution in [-0.4, -0.2) is 13.0 Å². The van der Waals surface area contributed by atoms with Crippen molar-refractivity contribution in [3.05, 3.63) is 59.5 Å². The molecule has 5 nitrogen and oxygen atoms in total. The smallest absolute Gasteiger partial charge is 0.251 e. The lowest BCUT2D eigenvalue weighted by atomic mass is 10.1. The Morgan fingerprint density at radius 2 is 1.95 bits per heavy atom. The molecule has 0 saturated carbocycles. The molecule has 1 aromatic heterocycles. The highest BCUT2D eigenvalue weighted by atomic mass is 16.3. The molecule has 0 fully saturated rings. The molecule has 0 unspecified atom stereocenters. The first-order valence-corrected chi connectivity index (χ1v) is 6.08. The molecular formula is C14H17N3O2. The largest absolute Gasteiger partial charge is 0.467 e. The van der Waals surface area contributed by atoms with E-state index in [0.717, 1.165) is 11.3 Å². The van der Waals surface area contributed by atoms with Crippen molar-refractivity contribution >= 4 is 5.91 Å². The molecule has 2 rings (SSSR count). The van der Waals surface area contributed by atoms with Crippen LogP contribution in [-0.2, 0) is 13.1 Å². The van der Waals surface area contributed by atoms with Crippen LogP contribution in [0.1, 0.15) is 21.7 Å². The normalized spacial score (nSPS) is 10.4. The van der Waals surface area contributed by atoms with Crippen molar-refractivity contribution in [3.63, 3.8) is 0 Å². The summed E-state index contributed by atoms with van der Waals surface area (Å²) in [4.78, 5) is 11.9. The monoisotopic (exact) mass is 259 g/mol. The van der Waals surface area contributed by atoms with E-state index in [-0.39, 0.29) is 5.91 Å². The average molecular weight is 259 g/mol. The van der Waals surface area contributed by atoms with Crippen LogP contribution >= 0.6 is 0 Å². The maximum atomic E-state index is 11.9. The minimum atomic E-state index is -0.107. The average Bonchev–Trinajstić information content (AvgIpc) is 2.96. The number of nitrogens with one attached hydrogen (secondary N) is 3. The lowest BCUT2D eigenvalue weighted by Crippen LogP contribution is -2.26. The van der Waals surface area contributed by atoms with E-state index >= 15 is 0 Å². The highest BCUT2D eigenvalue weighted by Gasteiger charge is 2.05. The molecule has 0 spiro atoms. The first-order valence-electron chi connectivity index (χ1n) is 6.08. The fourth-order valence-corrected chi connectivity index (χ4v) is 1.65. The summed E-state index contributed by atoms with van der Waals surface area (Å²) >= 11 is 0. The predicted octanol–water partition coefficient (Wildman–Crippen LogP) is 1.43. The van der Waals surface area contributed by atoms with Gasteiger partial charge >= 0.3 is 0 Å². The molecule has 1 heterocycles. The van der Waals surface area contributed by atoms with Gasteiger partial charge in [-0.15, -0.1) is 0 Å². The molecule has 0 aliphatic carbocycles. The summed E-state index contributed by atoms with van der Waals surface area (Å²) in [5, 5.41) is 2.80. The second-order valence-corrected chi connectivity index (χ2v) is 4.06. The fourth-order valence-electron chi connectivity index (χ4n) is 1.65. The van der Waals surface area contributed by atoms with Crippen molar-refractivity contribution in [3.8, 4) is 0 Å². The molecule has 5 heteroatoms. The number of furan rings is 1. The van der Waals surface area contributed by atoms with Crippen LogP contribution in [0.25, 0.3) is 0 Å². The van der Waals surface area contributed by atoms with E-state index in [9.17, 15) is 4.79 Å². The van der Waals surface area contributed by atoms with Gasteiger partial charge in [0, 0.05) is 12.1 Å². The summed E-state index contributed by atoms with van der Waals surface area (Å²) in [5.74, 6) is 0.632. The second kappa shape index (κ2) is 6.72. The zero-order valence-corrected chi connectivity index (χ0v) is 10.8. The maximum Gasteiger partial charge on any atom is 0.251 e. The first-order chi connectivity index (χ1) is 9.29. The van der Waals surface area contributed by atoms with Crippen molar-refractivity contribution in [2.24, 2.45) is 0 Å². The number of amides is 1. The molecule has 0 radical (unpaired) electrons. The van der Waals surface area contributed by atoms with Gasteiger partial charge < -0.3 is 9.73 Å². The Morgan fingerprint density at radius 1 is 1.16 bits per heavy atom. The van der Waals surface area contributed by atoms with Crippen molar-refractivity contribution < 1.29 is 9.21 Å². The lowest BCUT2D eigenvalue weighted by molar-refractivity contribution is 0.0948. The summed E-state index contributed by atoms with van der Waals surface area (Å²) in [7, 11) is 1.82. The molecular weight excluding hydrogens is 242 g/mol. The van der Waals surface area contributed by atoms with E-state index in [1.54, 1.807) is 12.3 Å². The number of hydrogen-bond acceptors (Lipinski definition) is 4. The molecule has 0 aliphatic rings. The summed E-state index contributed by atoms with van der Waals surface area (Å²) in [6.45, 7) is 1.11. The Kier molecular flexibility index (Phi) is 4.72. The summed E-state index contributed by atoms with van der Waals surface area (Å²) in [5.41, 5.74) is 7.59. The van der Waals surface area contributed by atoms with Crippen LogP contribution in [0.15, 0.2) is 47.1 Å². The molecule has 0 bridgehead atoms. The third kappa shape index (κ3) is 3.94. The summed E-state index contributed by atoms with van der Waals surface area (Å²) < 4.78 is 5.15. The first kappa shape index (κ1) is 13.3.